The lowest BCUT2D eigenvalue weighted by molar-refractivity contribution is 0.0949. The first-order valence-corrected chi connectivity index (χ1v) is 6.18. The first kappa shape index (κ1) is 12.7. The lowest BCUT2D eigenvalue weighted by atomic mass is 10.4. The third kappa shape index (κ3) is 2.81. The first-order valence-electron chi connectivity index (χ1n) is 4.70. The smallest absolute Gasteiger partial charge is 0.281 e. The van der Waals surface area contributed by atoms with Crippen LogP contribution < -0.4 is 16.0 Å². The van der Waals surface area contributed by atoms with Gasteiger partial charge in [0, 0.05) is 12.7 Å². The normalized spacial score (nSPS) is 11.4. The van der Waals surface area contributed by atoms with Crippen molar-refractivity contribution in [2.24, 2.45) is 5.84 Å². The average molecular weight is 246 g/mol. The Bertz CT molecular complexity index is 465. The van der Waals surface area contributed by atoms with Crippen LogP contribution in [0.25, 0.3) is 0 Å². The highest BCUT2D eigenvalue weighted by Crippen LogP contribution is 2.10. The van der Waals surface area contributed by atoms with Crippen molar-refractivity contribution in [1.82, 2.24) is 15.1 Å². The molecule has 0 fully saturated rings. The Hall–Kier alpha value is -1.38. The zero-order chi connectivity index (χ0) is 12.2. The van der Waals surface area contributed by atoms with Gasteiger partial charge < -0.3 is 4.98 Å². The van der Waals surface area contributed by atoms with Crippen LogP contribution in [0, 0.1) is 0 Å². The number of nitrogen functional groups attached to an aromatic ring is 1. The van der Waals surface area contributed by atoms with Gasteiger partial charge in [-0.15, -0.1) is 0 Å². The van der Waals surface area contributed by atoms with Gasteiger partial charge in [0.2, 0.25) is 10.0 Å². The number of aromatic amines is 1. The van der Waals surface area contributed by atoms with E-state index in [1.165, 1.54) is 12.3 Å². The molecule has 0 saturated carbocycles. The summed E-state index contributed by atoms with van der Waals surface area (Å²) < 4.78 is 25.6. The Kier molecular flexibility index (Phi) is 4.05. The maximum Gasteiger partial charge on any atom is 0.281 e. The van der Waals surface area contributed by atoms with Crippen molar-refractivity contribution in [2.45, 2.75) is 18.2 Å². The molecule has 0 radical (unpaired) electrons. The molecule has 1 rings (SSSR count). The number of nitrogens with two attached hydrogens (primary N) is 1. The quantitative estimate of drug-likeness (QED) is 0.312. The standard InChI is InChI=1S/C8H14N4O3S/c1-2-3-11-16(14,15)6-4-7(10-5-6)8(13)12-9/h4-5,10-11H,2-3,9H2,1H3,(H,12,13). The van der Waals surface area contributed by atoms with Crippen LogP contribution in [0.3, 0.4) is 0 Å². The van der Waals surface area contributed by atoms with E-state index < -0.39 is 15.9 Å². The van der Waals surface area contributed by atoms with Crippen LogP contribution in [0.2, 0.25) is 0 Å². The largest absolute Gasteiger partial charge is 0.356 e. The summed E-state index contributed by atoms with van der Waals surface area (Å²) in [7, 11) is -3.55. The van der Waals surface area contributed by atoms with Gasteiger partial charge in [0.05, 0.1) is 0 Å². The van der Waals surface area contributed by atoms with Crippen LogP contribution in [0.1, 0.15) is 23.8 Å². The molecule has 1 aromatic rings. The number of rotatable bonds is 5. The van der Waals surface area contributed by atoms with E-state index in [-0.39, 0.29) is 10.6 Å². The predicted molar refractivity (Wildman–Crippen MR) is 57.9 cm³/mol. The molecule has 7 nitrogen and oxygen atoms in total. The van der Waals surface area contributed by atoms with Gasteiger partial charge in [-0.1, -0.05) is 6.92 Å². The summed E-state index contributed by atoms with van der Waals surface area (Å²) in [5.74, 6) is 4.35. The summed E-state index contributed by atoms with van der Waals surface area (Å²) in [5, 5.41) is 0. The summed E-state index contributed by atoms with van der Waals surface area (Å²) in [4.78, 5) is 13.6. The number of amides is 1. The molecule has 1 aromatic heterocycles. The topological polar surface area (TPSA) is 117 Å². The second-order valence-corrected chi connectivity index (χ2v) is 4.89. The Labute approximate surface area is 93.4 Å². The fourth-order valence-corrected chi connectivity index (χ4v) is 2.18. The molecule has 90 valence electrons. The van der Waals surface area contributed by atoms with E-state index in [1.54, 1.807) is 0 Å². The van der Waals surface area contributed by atoms with E-state index in [9.17, 15) is 13.2 Å². The summed E-state index contributed by atoms with van der Waals surface area (Å²) in [5.41, 5.74) is 2.00. The van der Waals surface area contributed by atoms with Crippen LogP contribution >= 0.6 is 0 Å². The zero-order valence-corrected chi connectivity index (χ0v) is 9.60. The SMILES string of the molecule is CCCNS(=O)(=O)c1c[nH]c(C(=O)NN)c1. The van der Waals surface area contributed by atoms with Crippen LogP contribution in [-0.4, -0.2) is 25.9 Å². The van der Waals surface area contributed by atoms with Crippen molar-refractivity contribution in [3.8, 4) is 0 Å². The molecule has 0 spiro atoms. The third-order valence-electron chi connectivity index (χ3n) is 1.88. The average Bonchev–Trinajstić information content (AvgIpc) is 2.75. The molecule has 0 bridgehead atoms. The maximum absolute atomic E-state index is 11.6. The van der Waals surface area contributed by atoms with Crippen LogP contribution in [0.15, 0.2) is 17.2 Å². The van der Waals surface area contributed by atoms with Crippen molar-refractivity contribution in [3.05, 3.63) is 18.0 Å². The predicted octanol–water partition coefficient (Wildman–Crippen LogP) is -0.693. The van der Waals surface area contributed by atoms with Gasteiger partial charge in [0.1, 0.15) is 10.6 Å². The summed E-state index contributed by atoms with van der Waals surface area (Å²) >= 11 is 0. The molecule has 5 N–H and O–H groups in total. The van der Waals surface area contributed by atoms with Crippen LogP contribution in [0.4, 0.5) is 0 Å². The second kappa shape index (κ2) is 5.10. The van der Waals surface area contributed by atoms with Gasteiger partial charge in [-0.25, -0.2) is 19.0 Å². The van der Waals surface area contributed by atoms with Gasteiger partial charge in [-0.3, -0.25) is 10.2 Å². The number of H-pyrrole nitrogens is 1. The first-order chi connectivity index (χ1) is 7.51. The molecule has 0 aliphatic rings. The molecule has 1 heterocycles. The third-order valence-corrected chi connectivity index (χ3v) is 3.33. The van der Waals surface area contributed by atoms with Crippen LogP contribution in [-0.2, 0) is 10.0 Å². The molecule has 1 amide bonds. The molecule has 0 aliphatic heterocycles. The Balaban J connectivity index is 2.89. The molecule has 0 atom stereocenters. The van der Waals surface area contributed by atoms with Crippen molar-refractivity contribution < 1.29 is 13.2 Å². The Morgan fingerprint density at radius 3 is 2.81 bits per heavy atom. The number of hydrogen-bond acceptors (Lipinski definition) is 4. The van der Waals surface area contributed by atoms with Crippen molar-refractivity contribution in [2.75, 3.05) is 6.54 Å². The zero-order valence-electron chi connectivity index (χ0n) is 8.78. The second-order valence-electron chi connectivity index (χ2n) is 3.12. The Morgan fingerprint density at radius 1 is 1.56 bits per heavy atom. The number of hydrogen-bond donors (Lipinski definition) is 4. The van der Waals surface area contributed by atoms with Crippen molar-refractivity contribution >= 4 is 15.9 Å². The molecule has 0 aliphatic carbocycles. The van der Waals surface area contributed by atoms with Gasteiger partial charge in [0.25, 0.3) is 5.91 Å². The molecular formula is C8H14N4O3S. The molecule has 0 unspecified atom stereocenters. The van der Waals surface area contributed by atoms with E-state index in [4.69, 9.17) is 5.84 Å². The fraction of sp³-hybridized carbons (Fsp3) is 0.375. The van der Waals surface area contributed by atoms with E-state index >= 15 is 0 Å². The number of carbonyl (C=O) groups is 1. The highest BCUT2D eigenvalue weighted by atomic mass is 32.2. The van der Waals surface area contributed by atoms with Crippen LogP contribution in [0.5, 0.6) is 0 Å². The van der Waals surface area contributed by atoms with Gasteiger partial charge >= 0.3 is 0 Å². The van der Waals surface area contributed by atoms with Crippen molar-refractivity contribution in [1.29, 1.82) is 0 Å². The number of carbonyl (C=O) groups excluding carboxylic acids is 1. The van der Waals surface area contributed by atoms with Gasteiger partial charge in [-0.2, -0.15) is 0 Å². The van der Waals surface area contributed by atoms with E-state index in [0.29, 0.717) is 13.0 Å². The van der Waals surface area contributed by atoms with Gasteiger partial charge in [-0.05, 0) is 12.5 Å². The Morgan fingerprint density at radius 2 is 2.25 bits per heavy atom. The highest BCUT2D eigenvalue weighted by Gasteiger charge is 2.17. The summed E-state index contributed by atoms with van der Waals surface area (Å²) in [6.45, 7) is 2.21. The minimum atomic E-state index is -3.55. The van der Waals surface area contributed by atoms with E-state index in [2.05, 4.69) is 9.71 Å². The van der Waals surface area contributed by atoms with Gasteiger partial charge in [0.15, 0.2) is 0 Å². The number of aromatic nitrogens is 1. The number of sulfonamides is 1. The molecule has 8 heteroatoms. The fourth-order valence-electron chi connectivity index (χ4n) is 1.06. The molecule has 16 heavy (non-hydrogen) atoms. The lowest BCUT2D eigenvalue weighted by Gasteiger charge is -2.01. The molecule has 0 saturated heterocycles. The number of hydrazine groups is 1. The minimum Gasteiger partial charge on any atom is -0.356 e. The lowest BCUT2D eigenvalue weighted by Crippen LogP contribution is -2.30. The molecule has 0 aromatic carbocycles. The molecular weight excluding hydrogens is 232 g/mol. The van der Waals surface area contributed by atoms with Crippen molar-refractivity contribution in [3.63, 3.8) is 0 Å². The maximum atomic E-state index is 11.6. The monoisotopic (exact) mass is 246 g/mol. The van der Waals surface area contributed by atoms with E-state index in [0.717, 1.165) is 0 Å². The summed E-state index contributed by atoms with van der Waals surface area (Å²) in [6, 6.07) is 1.22. The highest BCUT2D eigenvalue weighted by molar-refractivity contribution is 7.89. The number of nitrogens with one attached hydrogen (secondary N) is 3. The summed E-state index contributed by atoms with van der Waals surface area (Å²) in [6.07, 6.45) is 1.93. The minimum absolute atomic E-state index is 0.0135. The van der Waals surface area contributed by atoms with E-state index in [1.807, 2.05) is 12.3 Å².